The van der Waals surface area contributed by atoms with Gasteiger partial charge in [0.15, 0.2) is 5.78 Å². The number of para-hydroxylation sites is 1. The van der Waals surface area contributed by atoms with Gasteiger partial charge < -0.3 is 9.30 Å². The maximum absolute atomic E-state index is 13.2. The number of rotatable bonds is 9. The maximum Gasteiger partial charge on any atom is 0.174 e. The summed E-state index contributed by atoms with van der Waals surface area (Å²) < 4.78 is 7.74. The topological polar surface area (TPSA) is 60.3 Å². The van der Waals surface area contributed by atoms with Crippen molar-refractivity contribution in [3.8, 4) is 0 Å². The molecule has 3 heterocycles. The van der Waals surface area contributed by atoms with Crippen molar-refractivity contribution in [1.29, 1.82) is 0 Å². The van der Waals surface area contributed by atoms with Crippen molar-refractivity contribution in [1.82, 2.24) is 19.4 Å². The summed E-state index contributed by atoms with van der Waals surface area (Å²) in [6, 6.07) is 10.1. The molecule has 1 aliphatic rings. The maximum atomic E-state index is 13.2. The van der Waals surface area contributed by atoms with E-state index in [9.17, 15) is 4.79 Å². The second kappa shape index (κ2) is 10.8. The Bertz CT molecular complexity index is 1120. The first kappa shape index (κ1) is 23.9. The van der Waals surface area contributed by atoms with E-state index >= 15 is 0 Å². The van der Waals surface area contributed by atoms with Crippen LogP contribution in [0.4, 0.5) is 0 Å². The number of aromatic nitrogens is 3. The van der Waals surface area contributed by atoms with Gasteiger partial charge in [0.1, 0.15) is 10.9 Å². The number of thioether (sulfide) groups is 1. The molecule has 0 aliphatic carbocycles. The third-order valence-corrected chi connectivity index (χ3v) is 7.22. The van der Waals surface area contributed by atoms with Crippen molar-refractivity contribution in [2.24, 2.45) is 5.92 Å². The minimum absolute atomic E-state index is 0.154. The zero-order valence-electron chi connectivity index (χ0n) is 20.1. The van der Waals surface area contributed by atoms with E-state index in [1.165, 1.54) is 11.8 Å². The fourth-order valence-electron chi connectivity index (χ4n) is 4.26. The molecule has 0 N–H and O–H groups in total. The first-order valence-corrected chi connectivity index (χ1v) is 12.8. The molecule has 3 aromatic rings. The van der Waals surface area contributed by atoms with Crippen LogP contribution in [0.1, 0.15) is 47.8 Å². The van der Waals surface area contributed by atoms with Crippen molar-refractivity contribution in [3.63, 3.8) is 0 Å². The van der Waals surface area contributed by atoms with Gasteiger partial charge in [0, 0.05) is 42.0 Å². The van der Waals surface area contributed by atoms with E-state index in [0.29, 0.717) is 18.2 Å². The van der Waals surface area contributed by atoms with Crippen molar-refractivity contribution >= 4 is 28.4 Å². The predicted molar refractivity (Wildman–Crippen MR) is 134 cm³/mol. The summed E-state index contributed by atoms with van der Waals surface area (Å²) in [5, 5.41) is 1.88. The first-order valence-electron chi connectivity index (χ1n) is 11.8. The van der Waals surface area contributed by atoms with E-state index < -0.39 is 0 Å². The number of ether oxygens (including phenoxy) is 1. The summed E-state index contributed by atoms with van der Waals surface area (Å²) in [6.45, 7) is 13.6. The van der Waals surface area contributed by atoms with Gasteiger partial charge in [-0.3, -0.25) is 9.69 Å². The molecule has 1 aliphatic heterocycles. The lowest BCUT2D eigenvalue weighted by Crippen LogP contribution is -2.36. The van der Waals surface area contributed by atoms with Crippen LogP contribution in [0.25, 0.3) is 10.9 Å². The van der Waals surface area contributed by atoms with Gasteiger partial charge in [0.25, 0.3) is 0 Å². The van der Waals surface area contributed by atoms with Gasteiger partial charge >= 0.3 is 0 Å². The van der Waals surface area contributed by atoms with E-state index in [1.807, 2.05) is 30.3 Å². The fourth-order valence-corrected chi connectivity index (χ4v) is 5.18. The molecule has 0 saturated carbocycles. The highest BCUT2D eigenvalue weighted by Crippen LogP contribution is 2.27. The van der Waals surface area contributed by atoms with E-state index in [-0.39, 0.29) is 5.78 Å². The average molecular weight is 467 g/mol. The number of aryl methyl sites for hydroxylation is 1. The standard InChI is InChI=1S/C26H34N4O2S/c1-18(2)9-10-30-19(3)15-22(20(30)4)24(31)17-33-26-21-7-5-6-8-23(21)27-25(28-26)16-29-11-13-32-14-12-29/h5-8,15,18H,9-14,16-17H2,1-4H3. The molecule has 1 fully saturated rings. The smallest absolute Gasteiger partial charge is 0.174 e. The Morgan fingerprint density at radius 3 is 2.67 bits per heavy atom. The fraction of sp³-hybridized carbons (Fsp3) is 0.500. The highest BCUT2D eigenvalue weighted by atomic mass is 32.2. The Morgan fingerprint density at radius 1 is 1.15 bits per heavy atom. The first-order chi connectivity index (χ1) is 15.9. The zero-order chi connectivity index (χ0) is 23.4. The average Bonchev–Trinajstić information content (AvgIpc) is 3.09. The number of fused-ring (bicyclic) bond motifs is 1. The SMILES string of the molecule is Cc1cc(C(=O)CSc2nc(CN3CCOCC3)nc3ccccc23)c(C)n1CCC(C)C. The van der Waals surface area contributed by atoms with E-state index in [0.717, 1.165) is 78.0 Å². The number of hydrogen-bond donors (Lipinski definition) is 0. The second-order valence-corrected chi connectivity index (χ2v) is 10.1. The van der Waals surface area contributed by atoms with E-state index in [1.54, 1.807) is 0 Å². The second-order valence-electron chi connectivity index (χ2n) is 9.18. The summed E-state index contributed by atoms with van der Waals surface area (Å²) >= 11 is 1.52. The van der Waals surface area contributed by atoms with Gasteiger partial charge in [-0.25, -0.2) is 9.97 Å². The molecule has 0 atom stereocenters. The molecule has 0 bridgehead atoms. The molecule has 0 amide bonds. The number of carbonyl (C=O) groups is 1. The number of nitrogens with zero attached hydrogens (tertiary/aromatic N) is 4. The molecule has 0 unspecified atom stereocenters. The van der Waals surface area contributed by atoms with Gasteiger partial charge in [-0.15, -0.1) is 0 Å². The Labute approximate surface area is 200 Å². The summed E-state index contributed by atoms with van der Waals surface area (Å²) in [6.07, 6.45) is 1.11. The van der Waals surface area contributed by atoms with Crippen LogP contribution in [-0.2, 0) is 17.8 Å². The van der Waals surface area contributed by atoms with Gasteiger partial charge in [0.05, 0.1) is 31.0 Å². The lowest BCUT2D eigenvalue weighted by molar-refractivity contribution is 0.0330. The molecule has 0 radical (unpaired) electrons. The van der Waals surface area contributed by atoms with Gasteiger partial charge in [-0.05, 0) is 38.3 Å². The molecular weight excluding hydrogens is 432 g/mol. The minimum atomic E-state index is 0.154. The highest BCUT2D eigenvalue weighted by molar-refractivity contribution is 8.00. The van der Waals surface area contributed by atoms with Crippen molar-refractivity contribution in [2.75, 3.05) is 32.1 Å². The normalized spacial score (nSPS) is 14.9. The van der Waals surface area contributed by atoms with Crippen LogP contribution in [0.15, 0.2) is 35.4 Å². The van der Waals surface area contributed by atoms with E-state index in [2.05, 4.69) is 37.2 Å². The van der Waals surface area contributed by atoms with E-state index in [4.69, 9.17) is 14.7 Å². The Hall–Kier alpha value is -2.22. The van der Waals surface area contributed by atoms with Gasteiger partial charge in [-0.1, -0.05) is 43.8 Å². The number of ketones is 1. The van der Waals surface area contributed by atoms with Crippen LogP contribution in [-0.4, -0.2) is 57.3 Å². The number of hydrogen-bond acceptors (Lipinski definition) is 6. The highest BCUT2D eigenvalue weighted by Gasteiger charge is 2.18. The third-order valence-electron chi connectivity index (χ3n) is 6.23. The molecule has 4 rings (SSSR count). The summed E-state index contributed by atoms with van der Waals surface area (Å²) in [7, 11) is 0. The molecule has 6 nitrogen and oxygen atoms in total. The molecular formula is C26H34N4O2S. The molecule has 33 heavy (non-hydrogen) atoms. The lowest BCUT2D eigenvalue weighted by atomic mass is 10.1. The molecule has 2 aromatic heterocycles. The molecule has 1 saturated heterocycles. The number of benzene rings is 1. The molecule has 176 valence electrons. The molecule has 7 heteroatoms. The monoisotopic (exact) mass is 466 g/mol. The Kier molecular flexibility index (Phi) is 7.83. The Balaban J connectivity index is 1.51. The lowest BCUT2D eigenvalue weighted by Gasteiger charge is -2.25. The van der Waals surface area contributed by atoms with Crippen LogP contribution in [0.2, 0.25) is 0 Å². The zero-order valence-corrected chi connectivity index (χ0v) is 21.0. The predicted octanol–water partition coefficient (Wildman–Crippen LogP) is 4.90. The minimum Gasteiger partial charge on any atom is -0.379 e. The van der Waals surface area contributed by atoms with Crippen molar-refractivity contribution in [2.45, 2.75) is 52.2 Å². The number of morpholine rings is 1. The molecule has 1 aromatic carbocycles. The van der Waals surface area contributed by atoms with Crippen LogP contribution in [0.5, 0.6) is 0 Å². The van der Waals surface area contributed by atoms with Crippen LogP contribution < -0.4 is 0 Å². The largest absolute Gasteiger partial charge is 0.379 e. The molecule has 0 spiro atoms. The number of carbonyl (C=O) groups excluding carboxylic acids is 1. The summed E-state index contributed by atoms with van der Waals surface area (Å²) in [5.41, 5.74) is 3.98. The van der Waals surface area contributed by atoms with Crippen molar-refractivity contribution in [3.05, 3.63) is 53.1 Å². The van der Waals surface area contributed by atoms with Gasteiger partial charge in [-0.2, -0.15) is 0 Å². The number of Topliss-reactive ketones (excluding diaryl/α,β-unsaturated/α-hetero) is 1. The van der Waals surface area contributed by atoms with Crippen LogP contribution in [0, 0.1) is 19.8 Å². The Morgan fingerprint density at radius 2 is 1.91 bits per heavy atom. The van der Waals surface area contributed by atoms with Crippen LogP contribution >= 0.6 is 11.8 Å². The third kappa shape index (κ3) is 5.83. The van der Waals surface area contributed by atoms with Crippen LogP contribution in [0.3, 0.4) is 0 Å². The summed E-state index contributed by atoms with van der Waals surface area (Å²) in [4.78, 5) is 25.1. The summed E-state index contributed by atoms with van der Waals surface area (Å²) in [5.74, 6) is 1.96. The van der Waals surface area contributed by atoms with Gasteiger partial charge in [0.2, 0.25) is 0 Å². The quantitative estimate of drug-likeness (QED) is 0.254. The van der Waals surface area contributed by atoms with Crippen molar-refractivity contribution < 1.29 is 9.53 Å².